The lowest BCUT2D eigenvalue weighted by molar-refractivity contribution is 0.403. The van der Waals surface area contributed by atoms with Crippen molar-refractivity contribution in [3.8, 4) is 0 Å². The van der Waals surface area contributed by atoms with Crippen molar-refractivity contribution in [2.45, 2.75) is 18.8 Å². The van der Waals surface area contributed by atoms with Gasteiger partial charge < -0.3 is 4.90 Å². The molecule has 3 nitrogen and oxygen atoms in total. The van der Waals surface area contributed by atoms with Crippen LogP contribution in [0.15, 0.2) is 63.8 Å². The molecule has 0 N–H and O–H groups in total. The summed E-state index contributed by atoms with van der Waals surface area (Å²) in [6.07, 6.45) is 14.4. The molecule has 0 radical (unpaired) electrons. The molecule has 0 aliphatic heterocycles. The molecule has 0 bridgehead atoms. The molecule has 1 aromatic carbocycles. The maximum absolute atomic E-state index is 4.58. The number of rotatable bonds is 5. The van der Waals surface area contributed by atoms with Gasteiger partial charge in [-0.2, -0.15) is 4.99 Å². The van der Waals surface area contributed by atoms with Crippen LogP contribution in [-0.2, 0) is 5.41 Å². The predicted molar refractivity (Wildman–Crippen MR) is 109 cm³/mol. The number of hydrogen-bond acceptors (Lipinski definition) is 3. The van der Waals surface area contributed by atoms with Crippen LogP contribution in [0, 0.1) is 5.92 Å². The summed E-state index contributed by atoms with van der Waals surface area (Å²) in [5, 5.41) is 0. The molecule has 2 unspecified atom stereocenters. The molecule has 2 atom stereocenters. The van der Waals surface area contributed by atoms with E-state index in [4.69, 9.17) is 0 Å². The molecule has 26 heavy (non-hydrogen) atoms. The van der Waals surface area contributed by atoms with E-state index in [0.29, 0.717) is 5.92 Å². The first kappa shape index (κ1) is 17.0. The zero-order valence-corrected chi connectivity index (χ0v) is 15.7. The highest BCUT2D eigenvalue weighted by Crippen LogP contribution is 2.52. The zero-order valence-electron chi connectivity index (χ0n) is 15.7. The van der Waals surface area contributed by atoms with Gasteiger partial charge in [0.15, 0.2) is 0 Å². The van der Waals surface area contributed by atoms with Gasteiger partial charge in [-0.1, -0.05) is 55.5 Å². The molecule has 4 rings (SSSR count). The third kappa shape index (κ3) is 2.74. The van der Waals surface area contributed by atoms with Gasteiger partial charge in [0.2, 0.25) is 0 Å². The Morgan fingerprint density at radius 1 is 1.08 bits per heavy atom. The minimum Gasteiger partial charge on any atom is -0.309 e. The van der Waals surface area contributed by atoms with Crippen LogP contribution in [0.3, 0.4) is 0 Å². The normalized spacial score (nSPS) is 24.5. The first-order valence-electron chi connectivity index (χ1n) is 9.30. The second-order valence-electron chi connectivity index (χ2n) is 7.64. The Kier molecular flexibility index (Phi) is 4.36. The molecular weight excluding hydrogens is 318 g/mol. The summed E-state index contributed by atoms with van der Waals surface area (Å²) < 4.78 is 0. The summed E-state index contributed by atoms with van der Waals surface area (Å²) in [4.78, 5) is 11.1. The number of nitrogens with zero attached hydrogens (tertiary/aromatic N) is 3. The van der Waals surface area contributed by atoms with E-state index in [2.05, 4.69) is 96.6 Å². The summed E-state index contributed by atoms with van der Waals surface area (Å²) in [6.45, 7) is 4.14. The van der Waals surface area contributed by atoms with Gasteiger partial charge in [-0.3, -0.25) is 0 Å². The van der Waals surface area contributed by atoms with E-state index in [1.165, 1.54) is 22.3 Å². The topological polar surface area (TPSA) is 28.0 Å². The van der Waals surface area contributed by atoms with E-state index >= 15 is 0 Å². The lowest BCUT2D eigenvalue weighted by Crippen LogP contribution is -2.38. The summed E-state index contributed by atoms with van der Waals surface area (Å²) >= 11 is 0. The van der Waals surface area contributed by atoms with Gasteiger partial charge in [0.25, 0.3) is 0 Å². The smallest absolute Gasteiger partial charge is 0.0949 e. The maximum atomic E-state index is 4.58. The van der Waals surface area contributed by atoms with E-state index in [1.807, 2.05) is 0 Å². The Balaban J connectivity index is 1.68. The molecule has 0 amide bonds. The van der Waals surface area contributed by atoms with Crippen molar-refractivity contribution in [2.75, 3.05) is 27.2 Å². The molecule has 0 saturated carbocycles. The fourth-order valence-electron chi connectivity index (χ4n) is 4.29. The fraction of sp³-hybridized carbons (Fsp3) is 0.348. The average Bonchev–Trinajstić information content (AvgIpc) is 2.62. The standard InChI is InChI=1S/C23H25N3/c1-23-19-10-8-17-6-4-7-18(22(17)23)9-12-20(23)21(13-11-19)25-16-24-14-5-15-26(2)3/h4,6-13,19H,5,14-15H2,1-3H3. The lowest BCUT2D eigenvalue weighted by atomic mass is 9.58. The van der Waals surface area contributed by atoms with Crippen molar-refractivity contribution in [1.29, 1.82) is 0 Å². The van der Waals surface area contributed by atoms with E-state index in [1.54, 1.807) is 0 Å². The van der Waals surface area contributed by atoms with Crippen LogP contribution in [0.4, 0.5) is 0 Å². The molecule has 132 valence electrons. The minimum atomic E-state index is -0.0599. The van der Waals surface area contributed by atoms with Crippen LogP contribution < -0.4 is 0 Å². The Morgan fingerprint density at radius 3 is 2.65 bits per heavy atom. The first-order valence-corrected chi connectivity index (χ1v) is 9.30. The van der Waals surface area contributed by atoms with Crippen molar-refractivity contribution in [2.24, 2.45) is 15.9 Å². The largest absolute Gasteiger partial charge is 0.309 e. The fourth-order valence-corrected chi connectivity index (χ4v) is 4.29. The van der Waals surface area contributed by atoms with Gasteiger partial charge >= 0.3 is 0 Å². The van der Waals surface area contributed by atoms with Crippen molar-refractivity contribution in [3.63, 3.8) is 0 Å². The lowest BCUT2D eigenvalue weighted by Gasteiger charge is -2.45. The predicted octanol–water partition coefficient (Wildman–Crippen LogP) is 4.56. The molecule has 3 heteroatoms. The van der Waals surface area contributed by atoms with Crippen LogP contribution in [-0.4, -0.2) is 38.1 Å². The third-order valence-corrected chi connectivity index (χ3v) is 5.64. The average molecular weight is 343 g/mol. The Hall–Kier alpha value is -2.48. The van der Waals surface area contributed by atoms with Gasteiger partial charge in [0, 0.05) is 11.3 Å². The molecular formula is C23H25N3. The summed E-state index contributed by atoms with van der Waals surface area (Å²) in [6, 6.07) is 9.48. The summed E-state index contributed by atoms with van der Waals surface area (Å²) in [5.41, 5.74) is 6.25. The zero-order chi connectivity index (χ0) is 18.1. The molecule has 0 aromatic heterocycles. The molecule has 0 spiro atoms. The van der Waals surface area contributed by atoms with Crippen LogP contribution in [0.1, 0.15) is 30.0 Å². The minimum absolute atomic E-state index is 0.0599. The molecule has 0 saturated heterocycles. The Morgan fingerprint density at radius 2 is 1.85 bits per heavy atom. The van der Waals surface area contributed by atoms with Gasteiger partial charge in [0.05, 0.1) is 18.3 Å². The van der Waals surface area contributed by atoms with Crippen LogP contribution in [0.2, 0.25) is 0 Å². The van der Waals surface area contributed by atoms with E-state index in [0.717, 1.165) is 25.2 Å². The van der Waals surface area contributed by atoms with Crippen LogP contribution >= 0.6 is 0 Å². The van der Waals surface area contributed by atoms with Crippen molar-refractivity contribution < 1.29 is 0 Å². The van der Waals surface area contributed by atoms with Gasteiger partial charge in [-0.25, -0.2) is 4.99 Å². The van der Waals surface area contributed by atoms with E-state index < -0.39 is 0 Å². The molecule has 0 heterocycles. The van der Waals surface area contributed by atoms with Crippen molar-refractivity contribution in [3.05, 3.63) is 70.5 Å². The van der Waals surface area contributed by atoms with E-state index in [9.17, 15) is 0 Å². The quantitative estimate of drug-likeness (QED) is 0.569. The monoisotopic (exact) mass is 343 g/mol. The molecule has 3 aliphatic carbocycles. The maximum Gasteiger partial charge on any atom is 0.0949 e. The van der Waals surface area contributed by atoms with Crippen LogP contribution in [0.25, 0.3) is 12.2 Å². The number of allylic oxidation sites excluding steroid dienone is 5. The highest BCUT2D eigenvalue weighted by molar-refractivity contribution is 5.77. The first-order chi connectivity index (χ1) is 12.6. The van der Waals surface area contributed by atoms with E-state index in [-0.39, 0.29) is 5.41 Å². The van der Waals surface area contributed by atoms with Gasteiger partial charge in [0.1, 0.15) is 0 Å². The SMILES string of the molecule is CN(C)CCCN=C=NC1=C2C=Cc3cccc4c3C2(C)C(C=C1)C=C4. The molecule has 3 aliphatic rings. The number of hydrogen-bond donors (Lipinski definition) is 0. The molecule has 1 aromatic rings. The Bertz CT molecular complexity index is 907. The van der Waals surface area contributed by atoms with Crippen molar-refractivity contribution in [1.82, 2.24) is 4.90 Å². The van der Waals surface area contributed by atoms with Crippen LogP contribution in [0.5, 0.6) is 0 Å². The second-order valence-corrected chi connectivity index (χ2v) is 7.64. The van der Waals surface area contributed by atoms with Gasteiger partial charge in [-0.05, 0) is 55.4 Å². The Labute approximate surface area is 155 Å². The highest BCUT2D eigenvalue weighted by Gasteiger charge is 2.44. The van der Waals surface area contributed by atoms with Gasteiger partial charge in [-0.15, -0.1) is 0 Å². The highest BCUT2D eigenvalue weighted by atomic mass is 15.0. The summed E-state index contributed by atoms with van der Waals surface area (Å²) in [5.74, 6) is 0.368. The molecule has 0 fully saturated rings. The second kappa shape index (κ2) is 6.68. The number of aliphatic imine (C=N–C) groups is 2. The number of benzene rings is 1. The third-order valence-electron chi connectivity index (χ3n) is 5.64. The summed E-state index contributed by atoms with van der Waals surface area (Å²) in [7, 11) is 4.16. The van der Waals surface area contributed by atoms with Crippen molar-refractivity contribution >= 4 is 18.2 Å².